The summed E-state index contributed by atoms with van der Waals surface area (Å²) < 4.78 is 1.98. The number of thiophene rings is 1. The predicted octanol–water partition coefficient (Wildman–Crippen LogP) is 2.30. The maximum Gasteiger partial charge on any atom is 0.0718 e. The summed E-state index contributed by atoms with van der Waals surface area (Å²) in [5.74, 6) is 0. The normalized spacial score (nSPS) is 10.9. The molecule has 0 fully saturated rings. The summed E-state index contributed by atoms with van der Waals surface area (Å²) in [6, 6.07) is 2.14. The Hall–Kier alpha value is -1.13. The van der Waals surface area contributed by atoms with Crippen LogP contribution in [0.15, 0.2) is 16.8 Å². The summed E-state index contributed by atoms with van der Waals surface area (Å²) in [6.45, 7) is 4.92. The standard InChI is InChI=1S/C12H16N2OS/c1-9-12(7-15)10(2)14(13-9)5-3-11-4-6-16-8-11/h4,6,8,15H,3,5,7H2,1-2H3. The van der Waals surface area contributed by atoms with E-state index < -0.39 is 0 Å². The smallest absolute Gasteiger partial charge is 0.0718 e. The van der Waals surface area contributed by atoms with E-state index in [1.165, 1.54) is 5.56 Å². The molecular formula is C12H16N2OS. The second-order valence-electron chi connectivity index (χ2n) is 3.91. The van der Waals surface area contributed by atoms with E-state index in [0.717, 1.165) is 29.9 Å². The van der Waals surface area contributed by atoms with Crippen LogP contribution >= 0.6 is 11.3 Å². The molecule has 0 bridgehead atoms. The molecular weight excluding hydrogens is 220 g/mol. The van der Waals surface area contributed by atoms with Crippen LogP contribution in [0.25, 0.3) is 0 Å². The van der Waals surface area contributed by atoms with E-state index in [0.29, 0.717) is 0 Å². The minimum Gasteiger partial charge on any atom is -0.392 e. The van der Waals surface area contributed by atoms with Gasteiger partial charge in [0.2, 0.25) is 0 Å². The van der Waals surface area contributed by atoms with Crippen LogP contribution in [0, 0.1) is 13.8 Å². The molecule has 2 rings (SSSR count). The van der Waals surface area contributed by atoms with Gasteiger partial charge in [0.05, 0.1) is 12.3 Å². The van der Waals surface area contributed by atoms with E-state index in [4.69, 9.17) is 0 Å². The molecule has 16 heavy (non-hydrogen) atoms. The summed E-state index contributed by atoms with van der Waals surface area (Å²) in [4.78, 5) is 0. The van der Waals surface area contributed by atoms with Gasteiger partial charge in [-0.25, -0.2) is 0 Å². The van der Waals surface area contributed by atoms with Crippen molar-refractivity contribution in [2.75, 3.05) is 0 Å². The minimum atomic E-state index is 0.0795. The highest BCUT2D eigenvalue weighted by Gasteiger charge is 2.09. The fourth-order valence-electron chi connectivity index (χ4n) is 1.85. The van der Waals surface area contributed by atoms with Gasteiger partial charge < -0.3 is 5.11 Å². The summed E-state index contributed by atoms with van der Waals surface area (Å²) in [5.41, 5.74) is 4.33. The monoisotopic (exact) mass is 236 g/mol. The van der Waals surface area contributed by atoms with Crippen LogP contribution < -0.4 is 0 Å². The average Bonchev–Trinajstić information content (AvgIpc) is 2.85. The predicted molar refractivity (Wildman–Crippen MR) is 65.6 cm³/mol. The molecule has 2 aromatic rings. The summed E-state index contributed by atoms with van der Waals surface area (Å²) in [5, 5.41) is 17.9. The molecule has 0 atom stereocenters. The maximum atomic E-state index is 9.21. The Kier molecular flexibility index (Phi) is 3.41. The third kappa shape index (κ3) is 2.18. The summed E-state index contributed by atoms with van der Waals surface area (Å²) in [7, 11) is 0. The van der Waals surface area contributed by atoms with Crippen molar-refractivity contribution in [3.8, 4) is 0 Å². The van der Waals surface area contributed by atoms with Crippen molar-refractivity contribution in [3.63, 3.8) is 0 Å². The van der Waals surface area contributed by atoms with E-state index in [1.807, 2.05) is 18.5 Å². The lowest BCUT2D eigenvalue weighted by molar-refractivity contribution is 0.280. The van der Waals surface area contributed by atoms with E-state index >= 15 is 0 Å². The van der Waals surface area contributed by atoms with Crippen LogP contribution in [0.3, 0.4) is 0 Å². The fourth-order valence-corrected chi connectivity index (χ4v) is 2.55. The molecule has 4 heteroatoms. The molecule has 86 valence electrons. The number of hydrogen-bond donors (Lipinski definition) is 1. The summed E-state index contributed by atoms with van der Waals surface area (Å²) >= 11 is 1.72. The lowest BCUT2D eigenvalue weighted by atomic mass is 10.2. The van der Waals surface area contributed by atoms with Crippen molar-refractivity contribution in [2.24, 2.45) is 0 Å². The highest BCUT2D eigenvalue weighted by atomic mass is 32.1. The molecule has 0 radical (unpaired) electrons. The second kappa shape index (κ2) is 4.80. The number of nitrogens with zero attached hydrogens (tertiary/aromatic N) is 2. The third-order valence-corrected chi connectivity index (χ3v) is 3.61. The van der Waals surface area contributed by atoms with Gasteiger partial charge in [0.25, 0.3) is 0 Å². The van der Waals surface area contributed by atoms with E-state index in [1.54, 1.807) is 11.3 Å². The Morgan fingerprint density at radius 3 is 2.81 bits per heavy atom. The first-order valence-corrected chi connectivity index (χ1v) is 6.31. The number of aliphatic hydroxyl groups is 1. The van der Waals surface area contributed by atoms with Crippen molar-refractivity contribution in [2.45, 2.75) is 33.4 Å². The average molecular weight is 236 g/mol. The Labute approximate surface area is 99.4 Å². The topological polar surface area (TPSA) is 38.0 Å². The largest absolute Gasteiger partial charge is 0.392 e. The zero-order valence-electron chi connectivity index (χ0n) is 9.60. The van der Waals surface area contributed by atoms with Gasteiger partial charge in [0, 0.05) is 17.8 Å². The van der Waals surface area contributed by atoms with Crippen molar-refractivity contribution >= 4 is 11.3 Å². The molecule has 1 N–H and O–H groups in total. The van der Waals surface area contributed by atoms with Crippen molar-refractivity contribution < 1.29 is 5.11 Å². The minimum absolute atomic E-state index is 0.0795. The molecule has 0 saturated heterocycles. The first-order chi connectivity index (χ1) is 7.72. The molecule has 0 aliphatic heterocycles. The van der Waals surface area contributed by atoms with E-state index in [-0.39, 0.29) is 6.61 Å². The van der Waals surface area contributed by atoms with Crippen LogP contribution in [-0.2, 0) is 19.6 Å². The van der Waals surface area contributed by atoms with E-state index in [2.05, 4.69) is 21.9 Å². The van der Waals surface area contributed by atoms with Gasteiger partial charge in [-0.05, 0) is 42.7 Å². The first kappa shape index (κ1) is 11.4. The first-order valence-electron chi connectivity index (χ1n) is 5.37. The molecule has 0 amide bonds. The van der Waals surface area contributed by atoms with Crippen LogP contribution in [0.2, 0.25) is 0 Å². The lowest BCUT2D eigenvalue weighted by Gasteiger charge is -2.03. The Balaban J connectivity index is 2.10. The van der Waals surface area contributed by atoms with Crippen LogP contribution in [0.1, 0.15) is 22.5 Å². The number of aliphatic hydroxyl groups excluding tert-OH is 1. The van der Waals surface area contributed by atoms with Crippen LogP contribution in [0.5, 0.6) is 0 Å². The number of aromatic nitrogens is 2. The molecule has 3 nitrogen and oxygen atoms in total. The van der Waals surface area contributed by atoms with Gasteiger partial charge in [-0.2, -0.15) is 16.4 Å². The highest BCUT2D eigenvalue weighted by Crippen LogP contribution is 2.14. The van der Waals surface area contributed by atoms with Crippen LogP contribution in [0.4, 0.5) is 0 Å². The molecule has 0 aliphatic carbocycles. The zero-order chi connectivity index (χ0) is 11.5. The number of rotatable bonds is 4. The zero-order valence-corrected chi connectivity index (χ0v) is 10.4. The second-order valence-corrected chi connectivity index (χ2v) is 4.69. The molecule has 0 unspecified atom stereocenters. The fraction of sp³-hybridized carbons (Fsp3) is 0.417. The lowest BCUT2D eigenvalue weighted by Crippen LogP contribution is -2.05. The molecule has 2 aromatic heterocycles. The van der Waals surface area contributed by atoms with Gasteiger partial charge >= 0.3 is 0 Å². The number of hydrogen-bond acceptors (Lipinski definition) is 3. The SMILES string of the molecule is Cc1nn(CCc2ccsc2)c(C)c1CO. The Morgan fingerprint density at radius 2 is 2.25 bits per heavy atom. The molecule has 0 spiro atoms. The van der Waals surface area contributed by atoms with E-state index in [9.17, 15) is 5.11 Å². The maximum absolute atomic E-state index is 9.21. The van der Waals surface area contributed by atoms with Crippen molar-refractivity contribution in [3.05, 3.63) is 39.3 Å². The van der Waals surface area contributed by atoms with Gasteiger partial charge in [-0.1, -0.05) is 0 Å². The third-order valence-electron chi connectivity index (χ3n) is 2.88. The number of aryl methyl sites for hydroxylation is 3. The van der Waals surface area contributed by atoms with Gasteiger partial charge in [0.15, 0.2) is 0 Å². The van der Waals surface area contributed by atoms with Crippen molar-refractivity contribution in [1.29, 1.82) is 0 Å². The molecule has 2 heterocycles. The van der Waals surface area contributed by atoms with Crippen LogP contribution in [-0.4, -0.2) is 14.9 Å². The van der Waals surface area contributed by atoms with Gasteiger partial charge in [0.1, 0.15) is 0 Å². The quantitative estimate of drug-likeness (QED) is 0.884. The highest BCUT2D eigenvalue weighted by molar-refractivity contribution is 7.07. The molecule has 0 saturated carbocycles. The molecule has 0 aromatic carbocycles. The van der Waals surface area contributed by atoms with Gasteiger partial charge in [-0.15, -0.1) is 0 Å². The summed E-state index contributed by atoms with van der Waals surface area (Å²) in [6.07, 6.45) is 0.996. The van der Waals surface area contributed by atoms with Crippen molar-refractivity contribution in [1.82, 2.24) is 9.78 Å². The molecule has 0 aliphatic rings. The van der Waals surface area contributed by atoms with Gasteiger partial charge in [-0.3, -0.25) is 4.68 Å². The Morgan fingerprint density at radius 1 is 1.44 bits per heavy atom. The Bertz CT molecular complexity index is 460.